The zero-order chi connectivity index (χ0) is 30.5. The van der Waals surface area contributed by atoms with E-state index in [9.17, 15) is 23.5 Å². The van der Waals surface area contributed by atoms with Crippen LogP contribution in [-0.2, 0) is 27.3 Å². The van der Waals surface area contributed by atoms with Crippen LogP contribution in [0.3, 0.4) is 0 Å². The fourth-order valence-corrected chi connectivity index (χ4v) is 4.36. The highest BCUT2D eigenvalue weighted by atomic mass is 35.5. The van der Waals surface area contributed by atoms with Gasteiger partial charge in [-0.1, -0.05) is 35.3 Å². The number of carboxylic acids is 1. The first kappa shape index (κ1) is 32.9. The van der Waals surface area contributed by atoms with Crippen molar-refractivity contribution in [3.8, 4) is 11.5 Å². The van der Waals surface area contributed by atoms with Gasteiger partial charge in [-0.25, -0.2) is 18.4 Å². The number of benzene rings is 3. The minimum atomic E-state index is -1.03. The fraction of sp³-hybridized carbons (Fsp3) is 0.333. The summed E-state index contributed by atoms with van der Waals surface area (Å²) in [4.78, 5) is 25.6. The van der Waals surface area contributed by atoms with E-state index in [4.69, 9.17) is 42.1 Å². The van der Waals surface area contributed by atoms with E-state index in [1.54, 1.807) is 49.4 Å². The molecule has 0 aliphatic carbocycles. The maximum atomic E-state index is 14.0. The first-order valence-corrected chi connectivity index (χ1v) is 13.9. The van der Waals surface area contributed by atoms with Gasteiger partial charge in [-0.2, -0.15) is 0 Å². The fourth-order valence-electron chi connectivity index (χ4n) is 3.85. The first-order valence-electron chi connectivity index (χ1n) is 13.1. The molecule has 0 spiro atoms. The van der Waals surface area contributed by atoms with Crippen molar-refractivity contribution in [1.29, 1.82) is 0 Å². The minimum Gasteiger partial charge on any atom is -0.493 e. The highest BCUT2D eigenvalue weighted by molar-refractivity contribution is 6.34. The van der Waals surface area contributed by atoms with Gasteiger partial charge < -0.3 is 29.0 Å². The highest BCUT2D eigenvalue weighted by Crippen LogP contribution is 2.24. The summed E-state index contributed by atoms with van der Waals surface area (Å²) >= 11 is 12.0. The Hall–Kier alpha value is -3.60. The second-order valence-electron chi connectivity index (χ2n) is 9.06. The number of hydrogen-bond acceptors (Lipinski definition) is 6. The number of carboxylic acid groups (broad SMARTS) is 1. The number of hydrogen-bond donors (Lipinski definition) is 1. The van der Waals surface area contributed by atoms with E-state index >= 15 is 0 Å². The van der Waals surface area contributed by atoms with Crippen LogP contribution in [0.1, 0.15) is 24.5 Å². The molecule has 1 unspecified atom stereocenters. The summed E-state index contributed by atoms with van der Waals surface area (Å²) in [5.74, 6) is -1.58. The summed E-state index contributed by atoms with van der Waals surface area (Å²) in [7, 11) is 0. The molecule has 1 amide bonds. The van der Waals surface area contributed by atoms with E-state index < -0.39 is 29.8 Å². The van der Waals surface area contributed by atoms with E-state index in [0.717, 1.165) is 17.7 Å². The Morgan fingerprint density at radius 1 is 0.905 bits per heavy atom. The van der Waals surface area contributed by atoms with Gasteiger partial charge in [0.25, 0.3) is 0 Å². The van der Waals surface area contributed by atoms with Gasteiger partial charge >= 0.3 is 12.1 Å². The zero-order valence-corrected chi connectivity index (χ0v) is 24.4. The van der Waals surface area contributed by atoms with E-state index in [-0.39, 0.29) is 51.5 Å². The van der Waals surface area contributed by atoms with Gasteiger partial charge in [-0.15, -0.1) is 0 Å². The van der Waals surface area contributed by atoms with Crippen molar-refractivity contribution in [1.82, 2.24) is 4.90 Å². The minimum absolute atomic E-state index is 0.0386. The SMILES string of the molecule is CCOC(Cc1ccc(OCCN(CCCOc2cc(Cl)cc(Cl)c2)C(=O)OCc2ccc(F)cc2F)cc1)C(=O)O. The van der Waals surface area contributed by atoms with Crippen LogP contribution in [0, 0.1) is 11.6 Å². The molecule has 0 aliphatic heterocycles. The van der Waals surface area contributed by atoms with Crippen molar-refractivity contribution in [2.75, 3.05) is 32.9 Å². The average Bonchev–Trinajstić information content (AvgIpc) is 2.93. The van der Waals surface area contributed by atoms with Crippen molar-refractivity contribution >= 4 is 35.3 Å². The monoisotopic (exact) mass is 625 g/mol. The predicted molar refractivity (Wildman–Crippen MR) is 153 cm³/mol. The molecule has 0 heterocycles. The average molecular weight is 626 g/mol. The second-order valence-corrected chi connectivity index (χ2v) is 9.94. The lowest BCUT2D eigenvalue weighted by molar-refractivity contribution is -0.149. The van der Waals surface area contributed by atoms with Crippen LogP contribution < -0.4 is 9.47 Å². The number of rotatable bonds is 16. The van der Waals surface area contributed by atoms with Gasteiger partial charge in [0.1, 0.15) is 36.3 Å². The molecule has 42 heavy (non-hydrogen) atoms. The van der Waals surface area contributed by atoms with Gasteiger partial charge in [0.05, 0.1) is 13.2 Å². The van der Waals surface area contributed by atoms with Crippen LogP contribution in [0.4, 0.5) is 13.6 Å². The quantitative estimate of drug-likeness (QED) is 0.175. The Labute approximate surface area is 252 Å². The van der Waals surface area contributed by atoms with Crippen molar-refractivity contribution in [2.24, 2.45) is 0 Å². The lowest BCUT2D eigenvalue weighted by atomic mass is 10.1. The standard InChI is InChI=1S/C30H31Cl2F2NO7/c1-2-39-28(29(36)37)14-20-4-8-25(9-5-20)41-13-11-35(10-3-12-40-26-16-22(31)15-23(32)17-26)30(38)42-19-21-6-7-24(33)18-27(21)34/h4-9,15-18,28H,2-3,10-14,19H2,1H3,(H,36,37). The third-order valence-corrected chi connectivity index (χ3v) is 6.36. The number of amides is 1. The topological polar surface area (TPSA) is 94.5 Å². The molecule has 0 bridgehead atoms. The highest BCUT2D eigenvalue weighted by Gasteiger charge is 2.19. The van der Waals surface area contributed by atoms with Crippen LogP contribution in [0.25, 0.3) is 0 Å². The molecule has 0 saturated carbocycles. The maximum Gasteiger partial charge on any atom is 0.410 e. The normalized spacial score (nSPS) is 11.5. The zero-order valence-electron chi connectivity index (χ0n) is 22.9. The molecule has 226 valence electrons. The first-order chi connectivity index (χ1) is 20.1. The van der Waals surface area contributed by atoms with E-state index in [1.165, 1.54) is 11.0 Å². The van der Waals surface area contributed by atoms with Crippen LogP contribution >= 0.6 is 23.2 Å². The molecule has 3 aromatic rings. The molecular weight excluding hydrogens is 595 g/mol. The molecule has 3 rings (SSSR count). The number of halogens is 4. The smallest absolute Gasteiger partial charge is 0.410 e. The molecule has 1 atom stereocenters. The number of nitrogens with zero attached hydrogens (tertiary/aromatic N) is 1. The molecule has 12 heteroatoms. The van der Waals surface area contributed by atoms with Crippen LogP contribution in [-0.4, -0.2) is 61.1 Å². The molecule has 0 aromatic heterocycles. The van der Waals surface area contributed by atoms with E-state index in [2.05, 4.69) is 0 Å². The van der Waals surface area contributed by atoms with Crippen molar-refractivity contribution in [3.63, 3.8) is 0 Å². The van der Waals surface area contributed by atoms with Gasteiger partial charge in [-0.3, -0.25) is 0 Å². The summed E-state index contributed by atoms with van der Waals surface area (Å²) in [6, 6.07) is 14.7. The third kappa shape index (κ3) is 11.0. The van der Waals surface area contributed by atoms with Crippen LogP contribution in [0.15, 0.2) is 60.7 Å². The second kappa shape index (κ2) is 16.7. The lowest BCUT2D eigenvalue weighted by Gasteiger charge is -2.22. The summed E-state index contributed by atoms with van der Waals surface area (Å²) in [6.45, 7) is 2.37. The Morgan fingerprint density at radius 3 is 2.24 bits per heavy atom. The van der Waals surface area contributed by atoms with Gasteiger partial charge in [0.15, 0.2) is 6.10 Å². The molecule has 3 aromatic carbocycles. The van der Waals surface area contributed by atoms with Crippen molar-refractivity contribution < 1.29 is 42.4 Å². The summed E-state index contributed by atoms with van der Waals surface area (Å²) in [5.41, 5.74) is 0.805. The lowest BCUT2D eigenvalue weighted by Crippen LogP contribution is -2.36. The number of aliphatic carboxylic acids is 1. The van der Waals surface area contributed by atoms with Gasteiger partial charge in [0.2, 0.25) is 0 Å². The van der Waals surface area contributed by atoms with Crippen molar-refractivity contribution in [3.05, 3.63) is 93.5 Å². The molecule has 0 saturated heterocycles. The summed E-state index contributed by atoms with van der Waals surface area (Å²) < 4.78 is 49.2. The van der Waals surface area contributed by atoms with Gasteiger partial charge in [0, 0.05) is 41.2 Å². The Morgan fingerprint density at radius 2 is 1.60 bits per heavy atom. The Kier molecular flexibility index (Phi) is 13.1. The molecular formula is C30H31Cl2F2NO7. The Bertz CT molecular complexity index is 1310. The molecule has 0 radical (unpaired) electrons. The largest absolute Gasteiger partial charge is 0.493 e. The Balaban J connectivity index is 1.56. The van der Waals surface area contributed by atoms with E-state index in [0.29, 0.717) is 28.0 Å². The summed E-state index contributed by atoms with van der Waals surface area (Å²) in [5, 5.41) is 10.1. The van der Waals surface area contributed by atoms with Crippen LogP contribution in [0.2, 0.25) is 10.0 Å². The number of ether oxygens (including phenoxy) is 4. The predicted octanol–water partition coefficient (Wildman–Crippen LogP) is 6.79. The molecule has 0 fully saturated rings. The summed E-state index contributed by atoms with van der Waals surface area (Å²) in [6.07, 6.45) is -1.02. The maximum absolute atomic E-state index is 14.0. The van der Waals surface area contributed by atoms with Crippen LogP contribution in [0.5, 0.6) is 11.5 Å². The molecule has 1 N–H and O–H groups in total. The van der Waals surface area contributed by atoms with E-state index in [1.807, 2.05) is 0 Å². The third-order valence-electron chi connectivity index (χ3n) is 5.92. The molecule has 8 nitrogen and oxygen atoms in total. The molecule has 0 aliphatic rings. The number of carbonyl (C=O) groups excluding carboxylic acids is 1. The van der Waals surface area contributed by atoms with Gasteiger partial charge in [-0.05, 0) is 61.4 Å². The van der Waals surface area contributed by atoms with Crippen molar-refractivity contribution in [2.45, 2.75) is 32.5 Å². The number of carbonyl (C=O) groups is 2.